The predicted octanol–water partition coefficient (Wildman–Crippen LogP) is 5.44. The maximum atomic E-state index is 13.5. The summed E-state index contributed by atoms with van der Waals surface area (Å²) in [5.41, 5.74) is 7.90. The summed E-state index contributed by atoms with van der Waals surface area (Å²) >= 11 is 0. The Morgan fingerprint density at radius 3 is 2.64 bits per heavy atom. The molecule has 1 saturated heterocycles. The molecule has 2 aliphatic rings. The fourth-order valence-corrected chi connectivity index (χ4v) is 4.54. The van der Waals surface area contributed by atoms with Crippen LogP contribution in [0.4, 0.5) is 4.39 Å². The number of fused-ring (bicyclic) bond motifs is 1. The van der Waals surface area contributed by atoms with Gasteiger partial charge >= 0.3 is 0 Å². The SMILES string of the molecule is Cc1cc(C)cc(CN2CCCCC2C2=Cc3cc(F)ccc3C2)c1. The Morgan fingerprint density at radius 2 is 1.84 bits per heavy atom. The fraction of sp³-hybridized carbons (Fsp3) is 0.391. The molecule has 1 unspecified atom stereocenters. The first-order valence-electron chi connectivity index (χ1n) is 9.38. The molecule has 0 amide bonds. The number of nitrogens with zero attached hydrogens (tertiary/aromatic N) is 1. The van der Waals surface area contributed by atoms with Crippen LogP contribution in [0.15, 0.2) is 42.0 Å². The van der Waals surface area contributed by atoms with Gasteiger partial charge in [-0.3, -0.25) is 4.90 Å². The molecule has 1 aliphatic carbocycles. The van der Waals surface area contributed by atoms with Crippen molar-refractivity contribution in [3.63, 3.8) is 0 Å². The molecular weight excluding hydrogens is 309 g/mol. The summed E-state index contributed by atoms with van der Waals surface area (Å²) in [4.78, 5) is 2.63. The van der Waals surface area contributed by atoms with Crippen LogP contribution in [0.3, 0.4) is 0 Å². The number of hydrogen-bond donors (Lipinski definition) is 0. The van der Waals surface area contributed by atoms with Gasteiger partial charge in [-0.25, -0.2) is 4.39 Å². The number of halogens is 1. The highest BCUT2D eigenvalue weighted by atomic mass is 19.1. The zero-order valence-electron chi connectivity index (χ0n) is 15.2. The second kappa shape index (κ2) is 6.76. The second-order valence-corrected chi connectivity index (χ2v) is 7.72. The summed E-state index contributed by atoms with van der Waals surface area (Å²) < 4.78 is 13.5. The minimum absolute atomic E-state index is 0.132. The van der Waals surface area contributed by atoms with Crippen molar-refractivity contribution in [2.24, 2.45) is 0 Å². The first-order valence-corrected chi connectivity index (χ1v) is 9.38. The number of hydrogen-bond acceptors (Lipinski definition) is 1. The van der Waals surface area contributed by atoms with Crippen molar-refractivity contribution >= 4 is 6.08 Å². The van der Waals surface area contributed by atoms with Crippen LogP contribution < -0.4 is 0 Å². The number of aryl methyl sites for hydroxylation is 2. The van der Waals surface area contributed by atoms with E-state index in [0.29, 0.717) is 6.04 Å². The minimum Gasteiger partial charge on any atom is -0.292 e. The van der Waals surface area contributed by atoms with E-state index in [1.54, 1.807) is 12.1 Å². The van der Waals surface area contributed by atoms with E-state index in [1.807, 2.05) is 6.07 Å². The van der Waals surface area contributed by atoms with Crippen molar-refractivity contribution < 1.29 is 4.39 Å². The maximum Gasteiger partial charge on any atom is 0.123 e. The number of benzene rings is 2. The highest BCUT2D eigenvalue weighted by Crippen LogP contribution is 2.34. The summed E-state index contributed by atoms with van der Waals surface area (Å²) in [6.45, 7) is 6.51. The quantitative estimate of drug-likeness (QED) is 0.722. The Hall–Kier alpha value is -1.93. The summed E-state index contributed by atoms with van der Waals surface area (Å²) in [6, 6.07) is 12.6. The topological polar surface area (TPSA) is 3.24 Å². The highest BCUT2D eigenvalue weighted by molar-refractivity contribution is 5.65. The van der Waals surface area contributed by atoms with Crippen LogP contribution in [0.2, 0.25) is 0 Å². The molecule has 0 aromatic heterocycles. The highest BCUT2D eigenvalue weighted by Gasteiger charge is 2.28. The first-order chi connectivity index (χ1) is 12.1. The zero-order chi connectivity index (χ0) is 17.4. The maximum absolute atomic E-state index is 13.5. The van der Waals surface area contributed by atoms with Gasteiger partial charge in [-0.05, 0) is 74.1 Å². The van der Waals surface area contributed by atoms with Gasteiger partial charge in [0.05, 0.1) is 0 Å². The molecule has 2 aromatic rings. The van der Waals surface area contributed by atoms with Crippen LogP contribution >= 0.6 is 0 Å². The molecule has 1 aliphatic heterocycles. The van der Waals surface area contributed by atoms with Crippen molar-refractivity contribution in [2.75, 3.05) is 6.54 Å². The van der Waals surface area contributed by atoms with Crippen molar-refractivity contribution in [2.45, 2.75) is 52.1 Å². The number of rotatable bonds is 3. The van der Waals surface area contributed by atoms with Crippen molar-refractivity contribution in [3.8, 4) is 0 Å². The van der Waals surface area contributed by atoms with Crippen LogP contribution in [-0.2, 0) is 13.0 Å². The molecule has 0 bridgehead atoms. The zero-order valence-corrected chi connectivity index (χ0v) is 15.2. The Bertz CT molecular complexity index is 801. The van der Waals surface area contributed by atoms with E-state index in [1.165, 1.54) is 47.1 Å². The Kier molecular flexibility index (Phi) is 4.47. The van der Waals surface area contributed by atoms with Crippen LogP contribution in [0, 0.1) is 19.7 Å². The minimum atomic E-state index is -0.132. The second-order valence-electron chi connectivity index (χ2n) is 7.72. The largest absolute Gasteiger partial charge is 0.292 e. The van der Waals surface area contributed by atoms with Gasteiger partial charge in [0.15, 0.2) is 0 Å². The third-order valence-corrected chi connectivity index (χ3v) is 5.55. The molecule has 1 atom stereocenters. The summed E-state index contributed by atoms with van der Waals surface area (Å²) in [7, 11) is 0. The molecule has 1 nitrogen and oxygen atoms in total. The smallest absolute Gasteiger partial charge is 0.123 e. The van der Waals surface area contributed by atoms with Gasteiger partial charge in [0.1, 0.15) is 5.82 Å². The standard InChI is InChI=1S/C23H26FN/c1-16-9-17(2)11-18(10-16)15-25-8-4-3-5-23(25)21-12-19-6-7-22(24)14-20(19)13-21/h6-7,9-11,13-14,23H,3-5,8,12,15H2,1-2H3. The van der Waals surface area contributed by atoms with Crippen LogP contribution in [0.5, 0.6) is 0 Å². The van der Waals surface area contributed by atoms with Gasteiger partial charge < -0.3 is 0 Å². The fourth-order valence-electron chi connectivity index (χ4n) is 4.54. The lowest BCUT2D eigenvalue weighted by atomic mass is 9.93. The lowest BCUT2D eigenvalue weighted by Gasteiger charge is -2.37. The number of piperidine rings is 1. The molecule has 1 heterocycles. The van der Waals surface area contributed by atoms with Crippen molar-refractivity contribution in [1.29, 1.82) is 0 Å². The lowest BCUT2D eigenvalue weighted by Crippen LogP contribution is -2.40. The molecule has 2 heteroatoms. The third-order valence-electron chi connectivity index (χ3n) is 5.55. The molecule has 0 saturated carbocycles. The van der Waals surface area contributed by atoms with Gasteiger partial charge in [-0.2, -0.15) is 0 Å². The van der Waals surface area contributed by atoms with E-state index < -0.39 is 0 Å². The first kappa shape index (κ1) is 16.5. The van der Waals surface area contributed by atoms with Crippen molar-refractivity contribution in [3.05, 3.63) is 75.6 Å². The average molecular weight is 335 g/mol. The predicted molar refractivity (Wildman–Crippen MR) is 102 cm³/mol. The average Bonchev–Trinajstić information content (AvgIpc) is 2.97. The summed E-state index contributed by atoms with van der Waals surface area (Å²) in [6.07, 6.45) is 6.99. The lowest BCUT2D eigenvalue weighted by molar-refractivity contribution is 0.163. The molecule has 4 rings (SSSR count). The molecular formula is C23H26FN. The number of likely N-dealkylation sites (tertiary alicyclic amines) is 1. The van der Waals surface area contributed by atoms with E-state index in [9.17, 15) is 4.39 Å². The van der Waals surface area contributed by atoms with Gasteiger partial charge in [0.25, 0.3) is 0 Å². The molecule has 2 aromatic carbocycles. The van der Waals surface area contributed by atoms with Crippen LogP contribution in [-0.4, -0.2) is 17.5 Å². The molecule has 25 heavy (non-hydrogen) atoms. The molecule has 1 fully saturated rings. The molecule has 130 valence electrons. The van der Waals surface area contributed by atoms with Gasteiger partial charge in [0, 0.05) is 12.6 Å². The molecule has 0 spiro atoms. The summed E-state index contributed by atoms with van der Waals surface area (Å²) in [5.74, 6) is -0.132. The van der Waals surface area contributed by atoms with Gasteiger partial charge in [-0.15, -0.1) is 0 Å². The van der Waals surface area contributed by atoms with E-state index in [4.69, 9.17) is 0 Å². The Balaban J connectivity index is 1.57. The van der Waals surface area contributed by atoms with E-state index in [-0.39, 0.29) is 5.82 Å². The Morgan fingerprint density at radius 1 is 1.04 bits per heavy atom. The normalized spacial score (nSPS) is 20.4. The van der Waals surface area contributed by atoms with E-state index >= 15 is 0 Å². The van der Waals surface area contributed by atoms with Gasteiger partial charge in [-0.1, -0.05) is 47.9 Å². The van der Waals surface area contributed by atoms with Crippen LogP contribution in [0.1, 0.15) is 47.1 Å². The monoisotopic (exact) mass is 335 g/mol. The molecule has 0 radical (unpaired) electrons. The summed E-state index contributed by atoms with van der Waals surface area (Å²) in [5, 5.41) is 0. The van der Waals surface area contributed by atoms with Crippen LogP contribution in [0.25, 0.3) is 6.08 Å². The van der Waals surface area contributed by atoms with E-state index in [0.717, 1.165) is 25.1 Å². The Labute approximate surface area is 150 Å². The van der Waals surface area contributed by atoms with Gasteiger partial charge in [0.2, 0.25) is 0 Å². The van der Waals surface area contributed by atoms with Crippen molar-refractivity contribution in [1.82, 2.24) is 4.90 Å². The third kappa shape index (κ3) is 3.55. The molecule has 0 N–H and O–H groups in total. The van der Waals surface area contributed by atoms with E-state index in [2.05, 4.69) is 43.0 Å².